The van der Waals surface area contributed by atoms with Gasteiger partial charge in [-0.3, -0.25) is 0 Å². The molecule has 2 rings (SSSR count). The van der Waals surface area contributed by atoms with Gasteiger partial charge in [0.25, 0.3) is 0 Å². The van der Waals surface area contributed by atoms with E-state index in [-0.39, 0.29) is 0 Å². The lowest BCUT2D eigenvalue weighted by Gasteiger charge is -2.10. The number of hydrogen-bond donors (Lipinski definition) is 1. The largest absolute Gasteiger partial charge is 0.370 e. The number of anilines is 1. The van der Waals surface area contributed by atoms with E-state index in [0.717, 1.165) is 24.0 Å². The Morgan fingerprint density at radius 3 is 2.81 bits per heavy atom. The Labute approximate surface area is 102 Å². The number of halogens is 1. The Hall–Kier alpha value is -0.830. The molecule has 1 N–H and O–H groups in total. The highest BCUT2D eigenvalue weighted by molar-refractivity contribution is 6.28. The minimum Gasteiger partial charge on any atom is -0.370 e. The Bertz CT molecular complexity index is 328. The maximum Gasteiger partial charge on any atom is 0.224 e. The van der Waals surface area contributed by atoms with E-state index in [1.54, 1.807) is 0 Å². The molecule has 16 heavy (non-hydrogen) atoms. The van der Waals surface area contributed by atoms with Crippen molar-refractivity contribution in [2.75, 3.05) is 11.9 Å². The van der Waals surface area contributed by atoms with Crippen LogP contribution in [0.4, 0.5) is 5.82 Å². The third kappa shape index (κ3) is 3.34. The first-order valence-electron chi connectivity index (χ1n) is 5.99. The predicted octanol–water partition coefficient (Wildman–Crippen LogP) is 3.43. The van der Waals surface area contributed by atoms with Crippen LogP contribution in [0.15, 0.2) is 6.07 Å². The molecule has 88 valence electrons. The molecule has 1 fully saturated rings. The molecule has 3 nitrogen and oxygen atoms in total. The zero-order valence-electron chi connectivity index (χ0n) is 9.67. The molecule has 1 saturated carbocycles. The highest BCUT2D eigenvalue weighted by atomic mass is 35.5. The van der Waals surface area contributed by atoms with Crippen LogP contribution in [0.25, 0.3) is 0 Å². The van der Waals surface area contributed by atoms with Gasteiger partial charge in [0.1, 0.15) is 5.82 Å². The molecule has 0 bridgehead atoms. The summed E-state index contributed by atoms with van der Waals surface area (Å²) in [6.07, 6.45) is 6.84. The number of hydrogen-bond acceptors (Lipinski definition) is 3. The van der Waals surface area contributed by atoms with E-state index in [2.05, 4.69) is 15.3 Å². The van der Waals surface area contributed by atoms with Crippen molar-refractivity contribution in [3.05, 3.63) is 17.0 Å². The van der Waals surface area contributed by atoms with Crippen molar-refractivity contribution in [3.63, 3.8) is 0 Å². The zero-order chi connectivity index (χ0) is 11.4. The summed E-state index contributed by atoms with van der Waals surface area (Å²) in [4.78, 5) is 8.18. The van der Waals surface area contributed by atoms with Crippen molar-refractivity contribution < 1.29 is 0 Å². The maximum atomic E-state index is 5.79. The highest BCUT2D eigenvalue weighted by Crippen LogP contribution is 2.27. The third-order valence-electron chi connectivity index (χ3n) is 3.16. The van der Waals surface area contributed by atoms with Crippen molar-refractivity contribution in [2.24, 2.45) is 5.92 Å². The highest BCUT2D eigenvalue weighted by Gasteiger charge is 2.14. The van der Waals surface area contributed by atoms with Gasteiger partial charge in [-0.2, -0.15) is 0 Å². The smallest absolute Gasteiger partial charge is 0.224 e. The number of nitrogens with zero attached hydrogens (tertiary/aromatic N) is 2. The van der Waals surface area contributed by atoms with Crippen molar-refractivity contribution in [2.45, 2.75) is 39.0 Å². The third-order valence-corrected chi connectivity index (χ3v) is 3.33. The van der Waals surface area contributed by atoms with E-state index in [4.69, 9.17) is 11.6 Å². The average molecular weight is 240 g/mol. The Morgan fingerprint density at radius 2 is 2.12 bits per heavy atom. The first-order chi connectivity index (χ1) is 7.74. The molecule has 1 aliphatic rings. The lowest BCUT2D eigenvalue weighted by Crippen LogP contribution is -2.08. The summed E-state index contributed by atoms with van der Waals surface area (Å²) in [7, 11) is 0. The predicted molar refractivity (Wildman–Crippen MR) is 66.8 cm³/mol. The topological polar surface area (TPSA) is 37.8 Å². The standard InChI is InChI=1S/C12H18ClN3/c1-9-8-11(16-12(13)15-9)14-7-6-10-4-2-3-5-10/h8,10H,2-7H2,1H3,(H,14,15,16). The van der Waals surface area contributed by atoms with Crippen molar-refractivity contribution in [3.8, 4) is 0 Å². The van der Waals surface area contributed by atoms with E-state index >= 15 is 0 Å². The number of rotatable bonds is 4. The van der Waals surface area contributed by atoms with Crippen LogP contribution in [-0.2, 0) is 0 Å². The molecule has 0 unspecified atom stereocenters. The van der Waals surface area contributed by atoms with Crippen LogP contribution in [0.1, 0.15) is 37.8 Å². The van der Waals surface area contributed by atoms with Crippen LogP contribution < -0.4 is 5.32 Å². The number of aryl methyl sites for hydroxylation is 1. The van der Waals surface area contributed by atoms with Crippen LogP contribution >= 0.6 is 11.6 Å². The van der Waals surface area contributed by atoms with Gasteiger partial charge >= 0.3 is 0 Å². The molecule has 1 aromatic rings. The number of aromatic nitrogens is 2. The van der Waals surface area contributed by atoms with Gasteiger partial charge < -0.3 is 5.32 Å². The molecule has 1 aromatic heterocycles. The summed E-state index contributed by atoms with van der Waals surface area (Å²) in [5.41, 5.74) is 0.906. The Kier molecular flexibility index (Phi) is 3.99. The van der Waals surface area contributed by atoms with Crippen molar-refractivity contribution in [1.82, 2.24) is 9.97 Å². The van der Waals surface area contributed by atoms with E-state index in [0.29, 0.717) is 5.28 Å². The van der Waals surface area contributed by atoms with E-state index in [9.17, 15) is 0 Å². The van der Waals surface area contributed by atoms with Gasteiger partial charge in [0.05, 0.1) is 0 Å². The van der Waals surface area contributed by atoms with Gasteiger partial charge in [-0.05, 0) is 30.9 Å². The molecule has 0 saturated heterocycles. The van der Waals surface area contributed by atoms with Crippen LogP contribution in [-0.4, -0.2) is 16.5 Å². The fourth-order valence-electron chi connectivity index (χ4n) is 2.33. The van der Waals surface area contributed by atoms with Gasteiger partial charge in [-0.25, -0.2) is 9.97 Å². The number of nitrogens with one attached hydrogen (secondary N) is 1. The monoisotopic (exact) mass is 239 g/mol. The SMILES string of the molecule is Cc1cc(NCCC2CCCC2)nc(Cl)n1. The van der Waals surface area contributed by atoms with E-state index in [1.807, 2.05) is 13.0 Å². The van der Waals surface area contributed by atoms with E-state index in [1.165, 1.54) is 32.1 Å². The second-order valence-electron chi connectivity index (χ2n) is 4.53. The van der Waals surface area contributed by atoms with Gasteiger partial charge in [0.15, 0.2) is 0 Å². The molecule has 1 heterocycles. The van der Waals surface area contributed by atoms with Gasteiger partial charge in [-0.15, -0.1) is 0 Å². The fraction of sp³-hybridized carbons (Fsp3) is 0.667. The van der Waals surface area contributed by atoms with Crippen LogP contribution in [0, 0.1) is 12.8 Å². The summed E-state index contributed by atoms with van der Waals surface area (Å²) in [5, 5.41) is 3.64. The molecule has 1 aliphatic carbocycles. The Balaban J connectivity index is 1.80. The van der Waals surface area contributed by atoms with Gasteiger partial charge in [0.2, 0.25) is 5.28 Å². The van der Waals surface area contributed by atoms with Crippen LogP contribution in [0.3, 0.4) is 0 Å². The molecular formula is C12H18ClN3. The molecule has 0 aliphatic heterocycles. The first-order valence-corrected chi connectivity index (χ1v) is 6.37. The van der Waals surface area contributed by atoms with Crippen molar-refractivity contribution in [1.29, 1.82) is 0 Å². The molecule has 0 atom stereocenters. The van der Waals surface area contributed by atoms with Crippen LogP contribution in [0.5, 0.6) is 0 Å². The normalized spacial score (nSPS) is 16.6. The quantitative estimate of drug-likeness (QED) is 0.818. The summed E-state index contributed by atoms with van der Waals surface area (Å²) >= 11 is 5.79. The second kappa shape index (κ2) is 5.48. The molecule has 0 amide bonds. The molecule has 0 radical (unpaired) electrons. The average Bonchev–Trinajstić information content (AvgIpc) is 2.69. The Morgan fingerprint density at radius 1 is 1.38 bits per heavy atom. The summed E-state index contributed by atoms with van der Waals surface area (Å²) in [5.74, 6) is 1.75. The molecule has 0 spiro atoms. The minimum absolute atomic E-state index is 0.323. The van der Waals surface area contributed by atoms with Gasteiger partial charge in [0, 0.05) is 18.3 Å². The van der Waals surface area contributed by atoms with Crippen molar-refractivity contribution >= 4 is 17.4 Å². The zero-order valence-corrected chi connectivity index (χ0v) is 10.4. The lowest BCUT2D eigenvalue weighted by atomic mass is 10.0. The van der Waals surface area contributed by atoms with E-state index < -0.39 is 0 Å². The second-order valence-corrected chi connectivity index (χ2v) is 4.87. The summed E-state index contributed by atoms with van der Waals surface area (Å²) in [6.45, 7) is 2.91. The molecule has 0 aromatic carbocycles. The summed E-state index contributed by atoms with van der Waals surface area (Å²) in [6, 6.07) is 1.93. The first kappa shape index (κ1) is 11.6. The van der Waals surface area contributed by atoms with Crippen LogP contribution in [0.2, 0.25) is 5.28 Å². The summed E-state index contributed by atoms with van der Waals surface area (Å²) < 4.78 is 0. The molecular weight excluding hydrogens is 222 g/mol. The minimum atomic E-state index is 0.323. The lowest BCUT2D eigenvalue weighted by molar-refractivity contribution is 0.518. The fourth-order valence-corrected chi connectivity index (χ4v) is 2.55. The molecule has 4 heteroatoms. The maximum absolute atomic E-state index is 5.79. The van der Waals surface area contributed by atoms with Gasteiger partial charge in [-0.1, -0.05) is 25.7 Å².